The largest absolute Gasteiger partial charge is 0.332 e. The van der Waals surface area contributed by atoms with Gasteiger partial charge in [0.25, 0.3) is 5.91 Å². The number of hydrogen-bond acceptors (Lipinski definition) is 3. The second-order valence-electron chi connectivity index (χ2n) is 7.63. The highest BCUT2D eigenvalue weighted by Crippen LogP contribution is 2.32. The summed E-state index contributed by atoms with van der Waals surface area (Å²) in [5.74, 6) is 0.977. The molecule has 3 aromatic rings. The van der Waals surface area contributed by atoms with E-state index in [-0.39, 0.29) is 11.9 Å². The average Bonchev–Trinajstić information content (AvgIpc) is 3.24. The standard InChI is InChI=1S/C23H26N4O/c1-17(2)26-14-12-25-22(26)18-7-5-8-19(15-18)23(28)27-13-4-3-10-21(27)20-9-6-11-24-16-20/h5-9,11-12,14-17,21H,3-4,10,13H2,1-2H3. The summed E-state index contributed by atoms with van der Waals surface area (Å²) < 4.78 is 2.13. The zero-order chi connectivity index (χ0) is 19.5. The van der Waals surface area contributed by atoms with Crippen LogP contribution in [0.25, 0.3) is 11.4 Å². The number of nitrogens with zero attached hydrogens (tertiary/aromatic N) is 4. The number of imidazole rings is 1. The van der Waals surface area contributed by atoms with Gasteiger partial charge in [-0.05, 0) is 56.9 Å². The molecule has 28 heavy (non-hydrogen) atoms. The van der Waals surface area contributed by atoms with Gasteiger partial charge in [0.05, 0.1) is 6.04 Å². The second-order valence-corrected chi connectivity index (χ2v) is 7.63. The van der Waals surface area contributed by atoms with Crippen LogP contribution < -0.4 is 0 Å². The van der Waals surface area contributed by atoms with Crippen molar-refractivity contribution in [3.63, 3.8) is 0 Å². The lowest BCUT2D eigenvalue weighted by Gasteiger charge is -2.36. The Labute approximate surface area is 166 Å². The number of benzene rings is 1. The highest BCUT2D eigenvalue weighted by Gasteiger charge is 2.29. The number of hydrogen-bond donors (Lipinski definition) is 0. The van der Waals surface area contributed by atoms with Gasteiger partial charge in [0.15, 0.2) is 0 Å². The summed E-state index contributed by atoms with van der Waals surface area (Å²) >= 11 is 0. The summed E-state index contributed by atoms with van der Waals surface area (Å²) in [6.45, 7) is 5.04. The van der Waals surface area contributed by atoms with Crippen LogP contribution in [0.3, 0.4) is 0 Å². The van der Waals surface area contributed by atoms with Crippen molar-refractivity contribution in [3.8, 4) is 11.4 Å². The van der Waals surface area contributed by atoms with Crippen molar-refractivity contribution >= 4 is 5.91 Å². The van der Waals surface area contributed by atoms with E-state index in [1.54, 1.807) is 6.20 Å². The van der Waals surface area contributed by atoms with Crippen molar-refractivity contribution in [1.29, 1.82) is 0 Å². The number of rotatable bonds is 4. The van der Waals surface area contributed by atoms with Crippen molar-refractivity contribution in [2.45, 2.75) is 45.2 Å². The van der Waals surface area contributed by atoms with Gasteiger partial charge in [-0.1, -0.05) is 18.2 Å². The fraction of sp³-hybridized carbons (Fsp3) is 0.348. The molecule has 0 N–H and O–H groups in total. The minimum absolute atomic E-state index is 0.0815. The molecule has 0 saturated carbocycles. The van der Waals surface area contributed by atoms with E-state index in [2.05, 4.69) is 34.4 Å². The zero-order valence-corrected chi connectivity index (χ0v) is 16.5. The third kappa shape index (κ3) is 3.57. The predicted molar refractivity (Wildman–Crippen MR) is 110 cm³/mol. The second kappa shape index (κ2) is 7.97. The summed E-state index contributed by atoms with van der Waals surface area (Å²) in [4.78, 5) is 24.2. The van der Waals surface area contributed by atoms with Gasteiger partial charge >= 0.3 is 0 Å². The molecule has 1 atom stereocenters. The van der Waals surface area contributed by atoms with Crippen LogP contribution in [0, 0.1) is 0 Å². The first kappa shape index (κ1) is 18.4. The first-order chi connectivity index (χ1) is 13.6. The fourth-order valence-corrected chi connectivity index (χ4v) is 4.00. The number of aromatic nitrogens is 3. The fourth-order valence-electron chi connectivity index (χ4n) is 4.00. The topological polar surface area (TPSA) is 51.0 Å². The lowest BCUT2D eigenvalue weighted by Crippen LogP contribution is -2.38. The highest BCUT2D eigenvalue weighted by atomic mass is 16.2. The maximum absolute atomic E-state index is 13.4. The molecule has 3 heterocycles. The zero-order valence-electron chi connectivity index (χ0n) is 16.5. The summed E-state index contributed by atoms with van der Waals surface area (Å²) in [5.41, 5.74) is 2.80. The Morgan fingerprint density at radius 1 is 1.14 bits per heavy atom. The molecule has 5 nitrogen and oxygen atoms in total. The van der Waals surface area contributed by atoms with Crippen LogP contribution in [-0.2, 0) is 0 Å². The molecule has 5 heteroatoms. The molecule has 4 rings (SSSR count). The smallest absolute Gasteiger partial charge is 0.254 e. The first-order valence-electron chi connectivity index (χ1n) is 9.99. The number of amides is 1. The summed E-state index contributed by atoms with van der Waals surface area (Å²) in [7, 11) is 0. The molecule has 1 amide bonds. The van der Waals surface area contributed by atoms with Crippen LogP contribution in [0.15, 0.2) is 61.2 Å². The molecular formula is C23H26N4O. The molecule has 144 valence electrons. The monoisotopic (exact) mass is 374 g/mol. The molecule has 0 spiro atoms. The van der Waals surface area contributed by atoms with Crippen molar-refractivity contribution < 1.29 is 4.79 Å². The maximum Gasteiger partial charge on any atom is 0.254 e. The lowest BCUT2D eigenvalue weighted by molar-refractivity contribution is 0.0611. The molecule has 1 saturated heterocycles. The van der Waals surface area contributed by atoms with Crippen molar-refractivity contribution in [2.75, 3.05) is 6.54 Å². The summed E-state index contributed by atoms with van der Waals surface area (Å²) in [5, 5.41) is 0. The minimum atomic E-state index is 0.0815. The van der Waals surface area contributed by atoms with Crippen LogP contribution in [0.5, 0.6) is 0 Å². The number of carbonyl (C=O) groups excluding carboxylic acids is 1. The van der Waals surface area contributed by atoms with Gasteiger partial charge in [0, 0.05) is 48.5 Å². The Hall–Kier alpha value is -2.95. The minimum Gasteiger partial charge on any atom is -0.332 e. The Balaban J connectivity index is 1.65. The normalized spacial score (nSPS) is 17.1. The van der Waals surface area contributed by atoms with Crippen molar-refractivity contribution in [2.24, 2.45) is 0 Å². The first-order valence-corrected chi connectivity index (χ1v) is 9.99. The summed E-state index contributed by atoms with van der Waals surface area (Å²) in [6, 6.07) is 12.3. The van der Waals surface area contributed by atoms with Crippen LogP contribution >= 0.6 is 0 Å². The highest BCUT2D eigenvalue weighted by molar-refractivity contribution is 5.95. The van der Waals surface area contributed by atoms with E-state index in [4.69, 9.17) is 0 Å². The molecule has 0 bridgehead atoms. The quantitative estimate of drug-likeness (QED) is 0.653. The molecule has 1 aliphatic rings. The van der Waals surface area contributed by atoms with Gasteiger partial charge in [-0.15, -0.1) is 0 Å². The van der Waals surface area contributed by atoms with E-state index in [1.807, 2.05) is 53.8 Å². The van der Waals surface area contributed by atoms with E-state index in [0.29, 0.717) is 11.6 Å². The van der Waals surface area contributed by atoms with E-state index < -0.39 is 0 Å². The third-order valence-corrected chi connectivity index (χ3v) is 5.43. The molecule has 1 fully saturated rings. The van der Waals surface area contributed by atoms with Gasteiger partial charge in [-0.3, -0.25) is 9.78 Å². The molecule has 1 aliphatic heterocycles. The third-order valence-electron chi connectivity index (χ3n) is 5.43. The Morgan fingerprint density at radius 3 is 2.82 bits per heavy atom. The number of carbonyl (C=O) groups is 1. The Morgan fingerprint density at radius 2 is 2.04 bits per heavy atom. The van der Waals surface area contributed by atoms with Gasteiger partial charge in [0.2, 0.25) is 0 Å². The van der Waals surface area contributed by atoms with Crippen LogP contribution in [-0.4, -0.2) is 31.9 Å². The van der Waals surface area contributed by atoms with Gasteiger partial charge in [-0.25, -0.2) is 4.98 Å². The lowest BCUT2D eigenvalue weighted by atomic mass is 9.95. The maximum atomic E-state index is 13.4. The van der Waals surface area contributed by atoms with Gasteiger partial charge in [-0.2, -0.15) is 0 Å². The Kier molecular flexibility index (Phi) is 5.24. The van der Waals surface area contributed by atoms with Crippen molar-refractivity contribution in [1.82, 2.24) is 19.4 Å². The van der Waals surface area contributed by atoms with Crippen LogP contribution in [0.1, 0.15) is 61.1 Å². The molecular weight excluding hydrogens is 348 g/mol. The van der Waals surface area contributed by atoms with Crippen LogP contribution in [0.2, 0.25) is 0 Å². The van der Waals surface area contributed by atoms with Crippen LogP contribution in [0.4, 0.5) is 0 Å². The van der Waals surface area contributed by atoms with Gasteiger partial charge < -0.3 is 9.47 Å². The van der Waals surface area contributed by atoms with E-state index in [0.717, 1.165) is 42.8 Å². The molecule has 1 aromatic carbocycles. The van der Waals surface area contributed by atoms with Gasteiger partial charge in [0.1, 0.15) is 5.82 Å². The predicted octanol–water partition coefficient (Wildman–Crippen LogP) is 4.89. The molecule has 0 aliphatic carbocycles. The molecule has 0 radical (unpaired) electrons. The molecule has 1 unspecified atom stereocenters. The Bertz CT molecular complexity index is 948. The van der Waals surface area contributed by atoms with E-state index in [1.165, 1.54) is 0 Å². The number of likely N-dealkylation sites (tertiary alicyclic amines) is 1. The SMILES string of the molecule is CC(C)n1ccnc1-c1cccc(C(=O)N2CCCCC2c2cccnc2)c1. The van der Waals surface area contributed by atoms with Crippen molar-refractivity contribution in [3.05, 3.63) is 72.3 Å². The summed E-state index contributed by atoms with van der Waals surface area (Å²) in [6.07, 6.45) is 10.6. The molecule has 2 aromatic heterocycles. The number of piperidine rings is 1. The number of pyridine rings is 1. The van der Waals surface area contributed by atoms with E-state index in [9.17, 15) is 4.79 Å². The van der Waals surface area contributed by atoms with E-state index >= 15 is 0 Å². The average molecular weight is 374 g/mol.